The molecule has 1 N–H and O–H groups in total. The van der Waals surface area contributed by atoms with E-state index in [2.05, 4.69) is 5.32 Å². The molecular formula is C13H15Cl2NO. The second kappa shape index (κ2) is 4.51. The first-order valence-electron chi connectivity index (χ1n) is 5.66. The van der Waals surface area contributed by atoms with Crippen LogP contribution in [0.15, 0.2) is 30.3 Å². The number of carbonyl (C=O) groups excluding carboxylic acids is 1. The number of nitrogens with one attached hydrogen (secondary N) is 1. The van der Waals surface area contributed by atoms with Gasteiger partial charge in [0.05, 0.1) is 5.41 Å². The van der Waals surface area contributed by atoms with Crippen LogP contribution in [0.1, 0.15) is 18.9 Å². The third-order valence-electron chi connectivity index (χ3n) is 3.30. The highest BCUT2D eigenvalue weighted by Gasteiger charge is 2.67. The Balaban J connectivity index is 1.79. The zero-order chi connectivity index (χ0) is 12.5. The van der Waals surface area contributed by atoms with Gasteiger partial charge in [-0.2, -0.15) is 0 Å². The van der Waals surface area contributed by atoms with Crippen LogP contribution in [0.3, 0.4) is 0 Å². The number of hydrogen-bond acceptors (Lipinski definition) is 1. The summed E-state index contributed by atoms with van der Waals surface area (Å²) in [5.74, 6) is -0.0570. The Morgan fingerprint density at radius 2 is 1.94 bits per heavy atom. The molecular weight excluding hydrogens is 257 g/mol. The quantitative estimate of drug-likeness (QED) is 0.839. The Kier molecular flexibility index (Phi) is 3.37. The lowest BCUT2D eigenvalue weighted by Crippen LogP contribution is -2.34. The van der Waals surface area contributed by atoms with Gasteiger partial charge in [0.1, 0.15) is 4.33 Å². The maximum absolute atomic E-state index is 11.9. The highest BCUT2D eigenvalue weighted by Crippen LogP contribution is 2.63. The molecule has 0 aliphatic heterocycles. The second-order valence-corrected chi connectivity index (χ2v) is 6.19. The first-order valence-corrected chi connectivity index (χ1v) is 6.41. The highest BCUT2D eigenvalue weighted by atomic mass is 35.5. The SMILES string of the molecule is C[C@@]1(C(=O)NCCc2ccccc2)CC1(Cl)Cl. The third-order valence-corrected chi connectivity index (χ3v) is 4.40. The Labute approximate surface area is 111 Å². The number of carbonyl (C=O) groups is 1. The third kappa shape index (κ3) is 2.58. The van der Waals surface area contributed by atoms with Gasteiger partial charge in [0, 0.05) is 6.54 Å². The minimum atomic E-state index is -0.885. The average Bonchev–Trinajstić information content (AvgIpc) is 2.81. The fourth-order valence-electron chi connectivity index (χ4n) is 1.81. The van der Waals surface area contributed by atoms with E-state index >= 15 is 0 Å². The van der Waals surface area contributed by atoms with Gasteiger partial charge in [-0.3, -0.25) is 4.79 Å². The molecule has 0 spiro atoms. The summed E-state index contributed by atoms with van der Waals surface area (Å²) in [5.41, 5.74) is 0.587. The number of hydrogen-bond donors (Lipinski definition) is 1. The Morgan fingerprint density at radius 3 is 2.47 bits per heavy atom. The van der Waals surface area contributed by atoms with Crippen LogP contribution in [0, 0.1) is 5.41 Å². The molecule has 1 atom stereocenters. The first kappa shape index (κ1) is 12.7. The van der Waals surface area contributed by atoms with Crippen molar-refractivity contribution in [2.24, 2.45) is 5.41 Å². The molecule has 17 heavy (non-hydrogen) atoms. The summed E-state index contributed by atoms with van der Waals surface area (Å²) >= 11 is 11.9. The molecule has 1 fully saturated rings. The van der Waals surface area contributed by atoms with Gasteiger partial charge in [-0.15, -0.1) is 23.2 Å². The normalized spacial score (nSPS) is 25.4. The van der Waals surface area contributed by atoms with E-state index in [1.54, 1.807) is 6.92 Å². The number of amides is 1. The van der Waals surface area contributed by atoms with Gasteiger partial charge in [-0.1, -0.05) is 30.3 Å². The van der Waals surface area contributed by atoms with Crippen molar-refractivity contribution in [3.05, 3.63) is 35.9 Å². The number of benzene rings is 1. The van der Waals surface area contributed by atoms with E-state index < -0.39 is 9.75 Å². The van der Waals surface area contributed by atoms with Gasteiger partial charge in [-0.05, 0) is 25.3 Å². The standard InChI is InChI=1S/C13H15Cl2NO/c1-12(9-13(12,14)15)11(17)16-8-7-10-5-3-2-4-6-10/h2-6H,7-9H2,1H3,(H,16,17)/t12-/m0/s1. The lowest BCUT2D eigenvalue weighted by Gasteiger charge is -2.12. The van der Waals surface area contributed by atoms with Crippen molar-refractivity contribution in [2.75, 3.05) is 6.54 Å². The van der Waals surface area contributed by atoms with Crippen molar-refractivity contribution in [3.8, 4) is 0 Å². The molecule has 1 amide bonds. The molecule has 0 radical (unpaired) electrons. The summed E-state index contributed by atoms with van der Waals surface area (Å²) in [4.78, 5) is 11.9. The molecule has 2 rings (SSSR count). The Bertz CT molecular complexity index is 419. The van der Waals surface area contributed by atoms with E-state index in [0.717, 1.165) is 6.42 Å². The molecule has 92 valence electrons. The largest absolute Gasteiger partial charge is 0.355 e. The highest BCUT2D eigenvalue weighted by molar-refractivity contribution is 6.53. The average molecular weight is 272 g/mol. The fourth-order valence-corrected chi connectivity index (χ4v) is 2.51. The van der Waals surface area contributed by atoms with Crippen LogP contribution in [-0.2, 0) is 11.2 Å². The van der Waals surface area contributed by atoms with Crippen molar-refractivity contribution in [2.45, 2.75) is 24.1 Å². The monoisotopic (exact) mass is 271 g/mol. The maximum atomic E-state index is 11.9. The van der Waals surface area contributed by atoms with E-state index in [1.807, 2.05) is 30.3 Å². The number of alkyl halides is 2. The smallest absolute Gasteiger partial charge is 0.229 e. The molecule has 0 saturated heterocycles. The van der Waals surface area contributed by atoms with Crippen LogP contribution in [0.5, 0.6) is 0 Å². The topological polar surface area (TPSA) is 29.1 Å². The fraction of sp³-hybridized carbons (Fsp3) is 0.462. The van der Waals surface area contributed by atoms with E-state index in [4.69, 9.17) is 23.2 Å². The van der Waals surface area contributed by atoms with Gasteiger partial charge in [0.2, 0.25) is 5.91 Å². The molecule has 0 bridgehead atoms. The molecule has 2 nitrogen and oxygen atoms in total. The van der Waals surface area contributed by atoms with E-state index in [-0.39, 0.29) is 5.91 Å². The summed E-state index contributed by atoms with van der Waals surface area (Å²) in [7, 11) is 0. The molecule has 1 aromatic rings. The van der Waals surface area contributed by atoms with Crippen LogP contribution in [0.25, 0.3) is 0 Å². The van der Waals surface area contributed by atoms with Gasteiger partial charge in [-0.25, -0.2) is 0 Å². The predicted octanol–water partition coefficient (Wildman–Crippen LogP) is 2.93. The minimum Gasteiger partial charge on any atom is -0.355 e. The predicted molar refractivity (Wildman–Crippen MR) is 70.3 cm³/mol. The van der Waals surface area contributed by atoms with Gasteiger partial charge >= 0.3 is 0 Å². The molecule has 0 unspecified atom stereocenters. The summed E-state index contributed by atoms with van der Waals surface area (Å²) in [6.07, 6.45) is 1.35. The van der Waals surface area contributed by atoms with Crippen molar-refractivity contribution < 1.29 is 4.79 Å². The lowest BCUT2D eigenvalue weighted by atomic mass is 10.1. The van der Waals surface area contributed by atoms with Gasteiger partial charge < -0.3 is 5.32 Å². The summed E-state index contributed by atoms with van der Waals surface area (Å²) in [6.45, 7) is 2.41. The second-order valence-electron chi connectivity index (χ2n) is 4.70. The van der Waals surface area contributed by atoms with Crippen molar-refractivity contribution in [3.63, 3.8) is 0 Å². The van der Waals surface area contributed by atoms with E-state index in [9.17, 15) is 4.79 Å². The zero-order valence-corrected chi connectivity index (χ0v) is 11.2. The Morgan fingerprint density at radius 1 is 1.35 bits per heavy atom. The van der Waals surface area contributed by atoms with E-state index in [0.29, 0.717) is 13.0 Å². The molecule has 4 heteroatoms. The minimum absolute atomic E-state index is 0.0570. The molecule has 1 aliphatic rings. The van der Waals surface area contributed by atoms with Gasteiger partial charge in [0.25, 0.3) is 0 Å². The zero-order valence-electron chi connectivity index (χ0n) is 9.67. The van der Waals surface area contributed by atoms with Crippen LogP contribution in [0.4, 0.5) is 0 Å². The number of rotatable bonds is 4. The lowest BCUT2D eigenvalue weighted by molar-refractivity contribution is -0.125. The van der Waals surface area contributed by atoms with Crippen LogP contribution in [0.2, 0.25) is 0 Å². The Hall–Kier alpha value is -0.730. The summed E-state index contributed by atoms with van der Waals surface area (Å²) in [6, 6.07) is 10.0. The van der Waals surface area contributed by atoms with E-state index in [1.165, 1.54) is 5.56 Å². The van der Waals surface area contributed by atoms with Crippen molar-refractivity contribution in [1.29, 1.82) is 0 Å². The molecule has 1 aliphatic carbocycles. The number of halogens is 2. The van der Waals surface area contributed by atoms with Gasteiger partial charge in [0.15, 0.2) is 0 Å². The molecule has 1 saturated carbocycles. The van der Waals surface area contributed by atoms with Crippen molar-refractivity contribution in [1.82, 2.24) is 5.32 Å². The molecule has 0 aromatic heterocycles. The summed E-state index contributed by atoms with van der Waals surface area (Å²) in [5, 5.41) is 2.88. The van der Waals surface area contributed by atoms with Crippen molar-refractivity contribution >= 4 is 29.1 Å². The molecule has 1 aromatic carbocycles. The first-order chi connectivity index (χ1) is 7.96. The summed E-state index contributed by atoms with van der Waals surface area (Å²) < 4.78 is -0.885. The van der Waals surface area contributed by atoms with Crippen LogP contribution >= 0.6 is 23.2 Å². The van der Waals surface area contributed by atoms with Crippen LogP contribution < -0.4 is 5.32 Å². The molecule has 0 heterocycles. The maximum Gasteiger partial charge on any atom is 0.229 e. The van der Waals surface area contributed by atoms with Crippen LogP contribution in [-0.4, -0.2) is 16.8 Å².